The van der Waals surface area contributed by atoms with E-state index in [-0.39, 0.29) is 5.82 Å². The number of rotatable bonds is 4. The van der Waals surface area contributed by atoms with Crippen LogP contribution in [0.25, 0.3) is 0 Å². The Kier molecular flexibility index (Phi) is 4.74. The van der Waals surface area contributed by atoms with Crippen LogP contribution in [0.2, 0.25) is 0 Å². The third-order valence-electron chi connectivity index (χ3n) is 2.86. The average Bonchev–Trinajstić information content (AvgIpc) is 2.22. The van der Waals surface area contributed by atoms with Gasteiger partial charge in [-0.25, -0.2) is 4.39 Å². The molecule has 1 aromatic carbocycles. The highest BCUT2D eigenvalue weighted by atomic mass is 79.9. The normalized spacial score (nSPS) is 15.0. The van der Waals surface area contributed by atoms with E-state index in [2.05, 4.69) is 35.1 Å². The first-order valence-electron chi connectivity index (χ1n) is 5.15. The standard InChI is InChI=1S/C12H17BrFN/c1-8(9(2)15-3)6-10-7-11(14)4-5-12(10)13/h4-5,7-9,15H,6H2,1-3H3. The second-order valence-electron chi connectivity index (χ2n) is 3.99. The van der Waals surface area contributed by atoms with E-state index in [1.54, 1.807) is 12.1 Å². The largest absolute Gasteiger partial charge is 0.317 e. The van der Waals surface area contributed by atoms with Crippen LogP contribution in [0.5, 0.6) is 0 Å². The van der Waals surface area contributed by atoms with Gasteiger partial charge in [0.2, 0.25) is 0 Å². The van der Waals surface area contributed by atoms with Crippen molar-refractivity contribution in [1.29, 1.82) is 0 Å². The summed E-state index contributed by atoms with van der Waals surface area (Å²) in [5.41, 5.74) is 1.03. The molecule has 0 radical (unpaired) electrons. The minimum atomic E-state index is -0.169. The molecule has 0 aromatic heterocycles. The monoisotopic (exact) mass is 273 g/mol. The summed E-state index contributed by atoms with van der Waals surface area (Å²) in [5, 5.41) is 3.21. The van der Waals surface area contributed by atoms with Crippen LogP contribution in [0, 0.1) is 11.7 Å². The summed E-state index contributed by atoms with van der Waals surface area (Å²) in [6.07, 6.45) is 0.875. The van der Waals surface area contributed by atoms with E-state index in [9.17, 15) is 4.39 Å². The van der Waals surface area contributed by atoms with Gasteiger partial charge in [-0.1, -0.05) is 22.9 Å². The van der Waals surface area contributed by atoms with E-state index in [1.165, 1.54) is 6.07 Å². The molecule has 15 heavy (non-hydrogen) atoms. The number of hydrogen-bond donors (Lipinski definition) is 1. The molecule has 0 aliphatic heterocycles. The fraction of sp³-hybridized carbons (Fsp3) is 0.500. The molecular formula is C12H17BrFN. The third kappa shape index (κ3) is 3.58. The van der Waals surface area contributed by atoms with Crippen molar-refractivity contribution < 1.29 is 4.39 Å². The molecule has 1 aromatic rings. The zero-order valence-electron chi connectivity index (χ0n) is 9.35. The Labute approximate surface area is 99.2 Å². The topological polar surface area (TPSA) is 12.0 Å². The molecule has 0 bridgehead atoms. The molecule has 0 heterocycles. The van der Waals surface area contributed by atoms with Gasteiger partial charge in [-0.2, -0.15) is 0 Å². The Morgan fingerprint density at radius 2 is 2.07 bits per heavy atom. The van der Waals surface area contributed by atoms with E-state index in [0.717, 1.165) is 16.5 Å². The minimum absolute atomic E-state index is 0.169. The summed E-state index contributed by atoms with van der Waals surface area (Å²) in [5.74, 6) is 0.311. The first kappa shape index (κ1) is 12.7. The summed E-state index contributed by atoms with van der Waals surface area (Å²) < 4.78 is 14.0. The van der Waals surface area contributed by atoms with Crippen LogP contribution in [0.3, 0.4) is 0 Å². The lowest BCUT2D eigenvalue weighted by Gasteiger charge is -2.19. The first-order valence-corrected chi connectivity index (χ1v) is 5.95. The molecule has 1 N–H and O–H groups in total. The second-order valence-corrected chi connectivity index (χ2v) is 4.85. The summed E-state index contributed by atoms with van der Waals surface area (Å²) >= 11 is 3.44. The van der Waals surface area contributed by atoms with Gasteiger partial charge < -0.3 is 5.32 Å². The van der Waals surface area contributed by atoms with Gasteiger partial charge >= 0.3 is 0 Å². The van der Waals surface area contributed by atoms with Gasteiger partial charge in [-0.15, -0.1) is 0 Å². The van der Waals surface area contributed by atoms with Gasteiger partial charge in [0.05, 0.1) is 0 Å². The molecule has 84 valence electrons. The molecule has 0 saturated carbocycles. The van der Waals surface area contributed by atoms with Crippen molar-refractivity contribution in [2.75, 3.05) is 7.05 Å². The van der Waals surface area contributed by atoms with E-state index >= 15 is 0 Å². The van der Waals surface area contributed by atoms with Crippen molar-refractivity contribution in [2.24, 2.45) is 5.92 Å². The fourth-order valence-corrected chi connectivity index (χ4v) is 1.92. The molecule has 0 saturated heterocycles. The molecule has 1 nitrogen and oxygen atoms in total. The maximum atomic E-state index is 13.0. The number of halogens is 2. The lowest BCUT2D eigenvalue weighted by atomic mass is 9.95. The molecule has 0 aliphatic carbocycles. The minimum Gasteiger partial charge on any atom is -0.317 e. The lowest BCUT2D eigenvalue weighted by Crippen LogP contribution is -2.29. The zero-order valence-corrected chi connectivity index (χ0v) is 10.9. The van der Waals surface area contributed by atoms with Gasteiger partial charge in [-0.3, -0.25) is 0 Å². The van der Waals surface area contributed by atoms with Crippen LogP contribution in [0.4, 0.5) is 4.39 Å². The van der Waals surface area contributed by atoms with E-state index in [4.69, 9.17) is 0 Å². The van der Waals surface area contributed by atoms with E-state index < -0.39 is 0 Å². The van der Waals surface area contributed by atoms with Crippen LogP contribution in [-0.4, -0.2) is 13.1 Å². The average molecular weight is 274 g/mol. The second kappa shape index (κ2) is 5.61. The Morgan fingerprint density at radius 3 is 2.67 bits per heavy atom. The van der Waals surface area contributed by atoms with Crippen LogP contribution in [0.1, 0.15) is 19.4 Å². The van der Waals surface area contributed by atoms with E-state index in [0.29, 0.717) is 12.0 Å². The van der Waals surface area contributed by atoms with Crippen LogP contribution in [-0.2, 0) is 6.42 Å². The lowest BCUT2D eigenvalue weighted by molar-refractivity contribution is 0.423. The Morgan fingerprint density at radius 1 is 1.40 bits per heavy atom. The van der Waals surface area contributed by atoms with Gasteiger partial charge in [0, 0.05) is 10.5 Å². The molecule has 1 rings (SSSR count). The molecular weight excluding hydrogens is 257 g/mol. The highest BCUT2D eigenvalue weighted by Gasteiger charge is 2.12. The first-order chi connectivity index (χ1) is 7.04. The SMILES string of the molecule is CNC(C)C(C)Cc1cc(F)ccc1Br. The Bertz CT molecular complexity index is 327. The van der Waals surface area contributed by atoms with Crippen molar-refractivity contribution in [3.05, 3.63) is 34.1 Å². The fourth-order valence-electron chi connectivity index (χ4n) is 1.51. The molecule has 3 heteroatoms. The van der Waals surface area contributed by atoms with Gasteiger partial charge in [-0.05, 0) is 50.1 Å². The molecule has 2 unspecified atom stereocenters. The Balaban J connectivity index is 2.75. The summed E-state index contributed by atoms with van der Waals surface area (Å²) in [6.45, 7) is 4.30. The maximum absolute atomic E-state index is 13.0. The van der Waals surface area contributed by atoms with Crippen LogP contribution in [0.15, 0.2) is 22.7 Å². The summed E-state index contributed by atoms with van der Waals surface area (Å²) in [6, 6.07) is 5.27. The molecule has 0 fully saturated rings. The predicted octanol–water partition coefficient (Wildman–Crippen LogP) is 3.37. The highest BCUT2D eigenvalue weighted by Crippen LogP contribution is 2.22. The summed E-state index contributed by atoms with van der Waals surface area (Å²) in [4.78, 5) is 0. The number of nitrogens with one attached hydrogen (secondary N) is 1. The maximum Gasteiger partial charge on any atom is 0.123 e. The van der Waals surface area contributed by atoms with Crippen molar-refractivity contribution in [3.63, 3.8) is 0 Å². The van der Waals surface area contributed by atoms with E-state index in [1.807, 2.05) is 7.05 Å². The van der Waals surface area contributed by atoms with Crippen molar-refractivity contribution in [2.45, 2.75) is 26.3 Å². The molecule has 0 spiro atoms. The van der Waals surface area contributed by atoms with Gasteiger partial charge in [0.15, 0.2) is 0 Å². The Hall–Kier alpha value is -0.410. The van der Waals surface area contributed by atoms with Gasteiger partial charge in [0.1, 0.15) is 5.82 Å². The van der Waals surface area contributed by atoms with Gasteiger partial charge in [0.25, 0.3) is 0 Å². The predicted molar refractivity (Wildman–Crippen MR) is 65.5 cm³/mol. The van der Waals surface area contributed by atoms with Crippen LogP contribution >= 0.6 is 15.9 Å². The zero-order chi connectivity index (χ0) is 11.4. The molecule has 0 aliphatic rings. The van der Waals surface area contributed by atoms with Crippen molar-refractivity contribution >= 4 is 15.9 Å². The number of hydrogen-bond acceptors (Lipinski definition) is 1. The molecule has 0 amide bonds. The highest BCUT2D eigenvalue weighted by molar-refractivity contribution is 9.10. The summed E-state index contributed by atoms with van der Waals surface area (Å²) in [7, 11) is 1.95. The molecule has 2 atom stereocenters. The van der Waals surface area contributed by atoms with Crippen molar-refractivity contribution in [3.8, 4) is 0 Å². The third-order valence-corrected chi connectivity index (χ3v) is 3.63. The van der Waals surface area contributed by atoms with Crippen LogP contribution < -0.4 is 5.32 Å². The quantitative estimate of drug-likeness (QED) is 0.887. The number of benzene rings is 1. The smallest absolute Gasteiger partial charge is 0.123 e. The van der Waals surface area contributed by atoms with Crippen molar-refractivity contribution in [1.82, 2.24) is 5.32 Å².